The Bertz CT molecular complexity index is 1110. The molecule has 6 heteroatoms. The van der Waals surface area contributed by atoms with E-state index in [1.165, 1.54) is 17.0 Å². The van der Waals surface area contributed by atoms with Crippen molar-refractivity contribution in [1.29, 1.82) is 0 Å². The van der Waals surface area contributed by atoms with Gasteiger partial charge in [-0.05, 0) is 37.8 Å². The first-order chi connectivity index (χ1) is 14.5. The number of nitrogens with one attached hydrogen (secondary N) is 2. The molecule has 6 nitrogen and oxygen atoms in total. The second-order valence-corrected chi connectivity index (χ2v) is 8.38. The Morgan fingerprint density at radius 2 is 2.00 bits per heavy atom. The highest BCUT2D eigenvalue weighted by Crippen LogP contribution is 2.44. The lowest BCUT2D eigenvalue weighted by Crippen LogP contribution is -2.38. The average molecular weight is 408 g/mol. The first-order valence-corrected chi connectivity index (χ1v) is 10.6. The van der Waals surface area contributed by atoms with Crippen molar-refractivity contribution >= 4 is 16.8 Å². The van der Waals surface area contributed by atoms with Crippen LogP contribution >= 0.6 is 0 Å². The molecule has 1 amide bonds. The van der Waals surface area contributed by atoms with Gasteiger partial charge in [0.15, 0.2) is 5.76 Å². The van der Waals surface area contributed by atoms with Gasteiger partial charge in [-0.2, -0.15) is 0 Å². The van der Waals surface area contributed by atoms with Crippen LogP contribution in [-0.4, -0.2) is 22.5 Å². The maximum Gasteiger partial charge on any atom is 0.227 e. The Balaban J connectivity index is 1.47. The molecule has 30 heavy (non-hydrogen) atoms. The maximum absolute atomic E-state index is 12.8. The zero-order chi connectivity index (χ0) is 21.1. The summed E-state index contributed by atoms with van der Waals surface area (Å²) in [6, 6.07) is 9.39. The number of aromatic amines is 1. The molecule has 1 saturated carbocycles. The summed E-state index contributed by atoms with van der Waals surface area (Å²) in [6.07, 6.45) is 7.35. The van der Waals surface area contributed by atoms with E-state index in [-0.39, 0.29) is 23.8 Å². The first kappa shape index (κ1) is 20.3. The lowest BCUT2D eigenvalue weighted by molar-refractivity contribution is -0.122. The first-order valence-electron chi connectivity index (χ1n) is 10.6. The Labute approximate surface area is 175 Å². The molecule has 3 N–H and O–H groups in total. The molecule has 1 fully saturated rings. The van der Waals surface area contributed by atoms with Crippen molar-refractivity contribution in [3.8, 4) is 5.75 Å². The second-order valence-electron chi connectivity index (χ2n) is 8.38. The number of hydrogen-bond acceptors (Lipinski definition) is 4. The minimum Gasteiger partial charge on any atom is -0.502 e. The van der Waals surface area contributed by atoms with Gasteiger partial charge in [-0.1, -0.05) is 37.5 Å². The number of hydrogen-bond donors (Lipinski definition) is 3. The number of aromatic nitrogens is 1. The number of carbonyl (C=O) groups is 1. The highest BCUT2D eigenvalue weighted by atomic mass is 16.4. The van der Waals surface area contributed by atoms with Crippen molar-refractivity contribution in [1.82, 2.24) is 10.3 Å². The molecule has 0 spiro atoms. The molecule has 2 heterocycles. The van der Waals surface area contributed by atoms with Gasteiger partial charge >= 0.3 is 0 Å². The number of benzene rings is 1. The quantitative estimate of drug-likeness (QED) is 0.573. The van der Waals surface area contributed by atoms with Gasteiger partial charge in [-0.15, -0.1) is 0 Å². The van der Waals surface area contributed by atoms with Crippen LogP contribution in [0.3, 0.4) is 0 Å². The lowest BCUT2D eigenvalue weighted by Gasteiger charge is -2.36. The Hall–Kier alpha value is -3.02. The molecular weight excluding hydrogens is 380 g/mol. The molecule has 0 aliphatic heterocycles. The van der Waals surface area contributed by atoms with Crippen LogP contribution in [-0.2, 0) is 16.6 Å². The van der Waals surface area contributed by atoms with E-state index < -0.39 is 10.8 Å². The van der Waals surface area contributed by atoms with Crippen LogP contribution in [0.1, 0.15) is 55.6 Å². The summed E-state index contributed by atoms with van der Waals surface area (Å²) in [6.45, 7) is 2.22. The van der Waals surface area contributed by atoms with Crippen molar-refractivity contribution in [2.45, 2.75) is 57.3 Å². The predicted molar refractivity (Wildman–Crippen MR) is 116 cm³/mol. The van der Waals surface area contributed by atoms with E-state index in [4.69, 9.17) is 4.42 Å². The Morgan fingerprint density at radius 1 is 1.23 bits per heavy atom. The molecule has 0 atom stereocenters. The predicted octanol–water partition coefficient (Wildman–Crippen LogP) is 4.09. The summed E-state index contributed by atoms with van der Waals surface area (Å²) in [5.74, 6) is 0.297. The van der Waals surface area contributed by atoms with Crippen molar-refractivity contribution in [2.24, 2.45) is 0 Å². The fourth-order valence-electron chi connectivity index (χ4n) is 4.72. The molecule has 2 aromatic heterocycles. The molecule has 0 unspecified atom stereocenters. The van der Waals surface area contributed by atoms with Gasteiger partial charge in [0.1, 0.15) is 5.76 Å². The summed E-state index contributed by atoms with van der Waals surface area (Å²) < 4.78 is 5.81. The molecule has 4 rings (SSSR count). The van der Waals surface area contributed by atoms with Crippen LogP contribution in [0.25, 0.3) is 10.9 Å². The van der Waals surface area contributed by atoms with Crippen LogP contribution in [0, 0.1) is 6.92 Å². The largest absolute Gasteiger partial charge is 0.502 e. The van der Waals surface area contributed by atoms with Crippen molar-refractivity contribution in [3.63, 3.8) is 0 Å². The number of fused-ring (bicyclic) bond motifs is 1. The molecule has 158 valence electrons. The monoisotopic (exact) mass is 408 g/mol. The zero-order valence-corrected chi connectivity index (χ0v) is 17.3. The number of amides is 1. The van der Waals surface area contributed by atoms with E-state index in [2.05, 4.69) is 16.4 Å². The summed E-state index contributed by atoms with van der Waals surface area (Å²) in [4.78, 5) is 28.2. The number of carbonyl (C=O) groups excluding carboxylic acids is 1. The van der Waals surface area contributed by atoms with Crippen molar-refractivity contribution in [3.05, 3.63) is 63.8 Å². The van der Waals surface area contributed by atoms with Crippen LogP contribution in [0.2, 0.25) is 0 Å². The van der Waals surface area contributed by atoms with Gasteiger partial charge < -0.3 is 19.8 Å². The number of H-pyrrole nitrogens is 1. The molecule has 0 saturated heterocycles. The van der Waals surface area contributed by atoms with Crippen LogP contribution in [0.4, 0.5) is 0 Å². The smallest absolute Gasteiger partial charge is 0.227 e. The maximum atomic E-state index is 12.8. The van der Waals surface area contributed by atoms with Crippen LogP contribution in [0.15, 0.2) is 45.7 Å². The van der Waals surface area contributed by atoms with Crippen LogP contribution < -0.4 is 10.7 Å². The van der Waals surface area contributed by atoms with Crippen molar-refractivity contribution in [2.75, 3.05) is 6.54 Å². The molecule has 1 aliphatic rings. The van der Waals surface area contributed by atoms with Crippen LogP contribution in [0.5, 0.6) is 5.75 Å². The number of rotatable bonds is 6. The lowest BCUT2D eigenvalue weighted by atomic mass is 9.69. The van der Waals surface area contributed by atoms with Gasteiger partial charge in [0.25, 0.3) is 0 Å². The molecule has 1 aromatic carbocycles. The average Bonchev–Trinajstić information content (AvgIpc) is 3.14. The fraction of sp³-hybridized carbons (Fsp3) is 0.417. The minimum absolute atomic E-state index is 0.0831. The third-order valence-corrected chi connectivity index (χ3v) is 6.23. The van der Waals surface area contributed by atoms with E-state index in [9.17, 15) is 14.7 Å². The third kappa shape index (κ3) is 3.99. The highest BCUT2D eigenvalue weighted by molar-refractivity contribution is 5.83. The van der Waals surface area contributed by atoms with Crippen molar-refractivity contribution < 1.29 is 14.3 Å². The molecule has 3 aromatic rings. The van der Waals surface area contributed by atoms with Gasteiger partial charge in [0, 0.05) is 41.5 Å². The summed E-state index contributed by atoms with van der Waals surface area (Å²) in [5.41, 5.74) is 1.18. The standard InChI is InChI=1S/C24H28N2O4/c1-16-13-20(27)22(29)23(30-16)24(10-5-2-6-11-24)14-21(28)25-12-9-17-15-26-19-8-4-3-7-18(17)19/h3-4,7-8,13,15,26,29H,2,5-6,9-12,14H2,1H3,(H,25,28). The van der Waals surface area contributed by atoms with Gasteiger partial charge in [-0.25, -0.2) is 0 Å². The van der Waals surface area contributed by atoms with E-state index in [0.717, 1.165) is 44.0 Å². The molecular formula is C24H28N2O4. The fourth-order valence-corrected chi connectivity index (χ4v) is 4.72. The van der Waals surface area contributed by atoms with E-state index in [1.807, 2.05) is 24.4 Å². The van der Waals surface area contributed by atoms with Gasteiger partial charge in [0.05, 0.1) is 0 Å². The van der Waals surface area contributed by atoms with E-state index in [1.54, 1.807) is 6.92 Å². The zero-order valence-electron chi connectivity index (χ0n) is 17.3. The minimum atomic E-state index is -0.627. The highest BCUT2D eigenvalue weighted by Gasteiger charge is 2.41. The molecule has 1 aliphatic carbocycles. The topological polar surface area (TPSA) is 95.3 Å². The number of aromatic hydroxyl groups is 1. The van der Waals surface area contributed by atoms with Gasteiger partial charge in [-0.3, -0.25) is 9.59 Å². The summed E-state index contributed by atoms with van der Waals surface area (Å²) in [7, 11) is 0. The Morgan fingerprint density at radius 3 is 2.80 bits per heavy atom. The third-order valence-electron chi connectivity index (χ3n) is 6.23. The second kappa shape index (κ2) is 8.38. The van der Waals surface area contributed by atoms with E-state index in [0.29, 0.717) is 12.3 Å². The normalized spacial score (nSPS) is 15.9. The van der Waals surface area contributed by atoms with Gasteiger partial charge in [0.2, 0.25) is 17.1 Å². The van der Waals surface area contributed by atoms with E-state index >= 15 is 0 Å². The summed E-state index contributed by atoms with van der Waals surface area (Å²) in [5, 5.41) is 14.6. The number of aryl methyl sites for hydroxylation is 1. The SMILES string of the molecule is Cc1cc(=O)c(O)c(C2(CC(=O)NCCc3c[nH]c4ccccc34)CCCCC2)o1. The summed E-state index contributed by atoms with van der Waals surface area (Å²) >= 11 is 0. The molecule has 0 radical (unpaired) electrons. The molecule has 0 bridgehead atoms. The Kier molecular flexibility index (Phi) is 5.66. The number of para-hydroxylation sites is 1.